The van der Waals surface area contributed by atoms with Gasteiger partial charge in [0.2, 0.25) is 23.6 Å². The first-order chi connectivity index (χ1) is 20.2. The first-order valence-electron chi connectivity index (χ1n) is 14.6. The molecule has 0 unspecified atom stereocenters. The zero-order valence-electron chi connectivity index (χ0n) is 23.9. The Morgan fingerprint density at radius 1 is 1.00 bits per heavy atom. The van der Waals surface area contributed by atoms with Crippen molar-refractivity contribution in [2.45, 2.75) is 83.1 Å². The molecule has 9 heteroatoms. The van der Waals surface area contributed by atoms with Crippen LogP contribution in [0.25, 0.3) is 10.8 Å². The Bertz CT molecular complexity index is 1520. The van der Waals surface area contributed by atoms with Crippen LogP contribution < -0.4 is 21.7 Å². The molecule has 4 amide bonds. The van der Waals surface area contributed by atoms with Crippen molar-refractivity contribution < 1.29 is 23.9 Å². The molecule has 2 heterocycles. The number of carbonyl (C=O) groups is 4. The number of para-hydroxylation sites is 1. The van der Waals surface area contributed by atoms with E-state index in [-0.39, 0.29) is 24.1 Å². The number of carbonyl (C=O) groups excluding carboxylic acids is 4. The van der Waals surface area contributed by atoms with Gasteiger partial charge in [0.25, 0.3) is 0 Å². The summed E-state index contributed by atoms with van der Waals surface area (Å²) in [5.74, 6) is -1.08. The molecule has 5 rings (SSSR count). The quantitative estimate of drug-likeness (QED) is 0.306. The van der Waals surface area contributed by atoms with Gasteiger partial charge in [-0.2, -0.15) is 0 Å². The molecule has 42 heavy (non-hydrogen) atoms. The van der Waals surface area contributed by atoms with E-state index < -0.39 is 24.1 Å². The van der Waals surface area contributed by atoms with E-state index in [0.717, 1.165) is 51.6 Å². The Morgan fingerprint density at radius 3 is 2.55 bits per heavy atom. The molecule has 5 N–H and O–H groups in total. The van der Waals surface area contributed by atoms with Gasteiger partial charge in [0.1, 0.15) is 6.04 Å². The molecule has 3 aromatic rings. The highest BCUT2D eigenvalue weighted by Crippen LogP contribution is 2.39. The first kappa shape index (κ1) is 29.3. The minimum atomic E-state index is -0.640. The second kappa shape index (κ2) is 12.7. The van der Waals surface area contributed by atoms with Crippen LogP contribution in [0, 0.1) is 0 Å². The zero-order chi connectivity index (χ0) is 29.8. The molecule has 2 aliphatic rings. The topological polar surface area (TPSA) is 145 Å². The minimum Gasteiger partial charge on any atom is -0.372 e. The van der Waals surface area contributed by atoms with Crippen LogP contribution in [0.4, 0.5) is 5.69 Å². The van der Waals surface area contributed by atoms with Crippen molar-refractivity contribution in [2.24, 2.45) is 11.5 Å². The van der Waals surface area contributed by atoms with Crippen molar-refractivity contribution >= 4 is 40.1 Å². The van der Waals surface area contributed by atoms with E-state index in [9.17, 15) is 19.2 Å². The van der Waals surface area contributed by atoms with Crippen molar-refractivity contribution in [1.29, 1.82) is 0 Å². The number of ether oxygens (including phenoxy) is 1. The number of hydrogen-bond donors (Lipinski definition) is 3. The lowest BCUT2D eigenvalue weighted by Crippen LogP contribution is -2.53. The summed E-state index contributed by atoms with van der Waals surface area (Å²) in [7, 11) is 0. The standard InChI is InChI=1S/C33H38N4O5/c1-20(42-19-21-11-13-26-22(12-15-29(34)38)5-2-8-24(26)17-21)27(14-16-30(35)39)36-33(41)28-18-25-9-3-6-23-7-4-10-31(40)37(28)32(23)25/h2-3,5-6,8-9,11,13,17,20,27-28H,4,7,10,12,14-16,18-19H2,1H3,(H2,34,38)(H2,35,39)(H,36,41)/t20-,27+,28+/m1/s1. The zero-order valence-corrected chi connectivity index (χ0v) is 23.9. The summed E-state index contributed by atoms with van der Waals surface area (Å²) in [6, 6.07) is 16.9. The maximum Gasteiger partial charge on any atom is 0.243 e. The van der Waals surface area contributed by atoms with Crippen LogP contribution in [0.3, 0.4) is 0 Å². The second-order valence-corrected chi connectivity index (χ2v) is 11.3. The average molecular weight is 571 g/mol. The third-order valence-corrected chi connectivity index (χ3v) is 8.36. The predicted molar refractivity (Wildman–Crippen MR) is 160 cm³/mol. The van der Waals surface area contributed by atoms with E-state index >= 15 is 0 Å². The Balaban J connectivity index is 1.28. The maximum absolute atomic E-state index is 13.7. The third kappa shape index (κ3) is 6.46. The van der Waals surface area contributed by atoms with Crippen LogP contribution >= 0.6 is 0 Å². The van der Waals surface area contributed by atoms with Crippen molar-refractivity contribution in [1.82, 2.24) is 5.32 Å². The smallest absolute Gasteiger partial charge is 0.243 e. The third-order valence-electron chi connectivity index (χ3n) is 8.36. The van der Waals surface area contributed by atoms with Crippen LogP contribution in [-0.2, 0) is 49.8 Å². The highest BCUT2D eigenvalue weighted by Gasteiger charge is 2.41. The normalized spacial score (nSPS) is 17.4. The van der Waals surface area contributed by atoms with E-state index in [1.165, 1.54) is 0 Å². The molecular weight excluding hydrogens is 532 g/mol. The lowest BCUT2D eigenvalue weighted by atomic mass is 9.99. The molecule has 0 spiro atoms. The molecular formula is C33H38N4O5. The number of anilines is 1. The molecule has 0 bridgehead atoms. The summed E-state index contributed by atoms with van der Waals surface area (Å²) in [4.78, 5) is 51.3. The van der Waals surface area contributed by atoms with Crippen molar-refractivity contribution in [2.75, 3.05) is 4.90 Å². The fourth-order valence-corrected chi connectivity index (χ4v) is 6.15. The van der Waals surface area contributed by atoms with Crippen LogP contribution in [0.1, 0.15) is 61.3 Å². The van der Waals surface area contributed by atoms with Crippen molar-refractivity contribution in [3.8, 4) is 0 Å². The Kier molecular flexibility index (Phi) is 8.87. The number of aryl methyl sites for hydroxylation is 2. The van der Waals surface area contributed by atoms with Gasteiger partial charge in [-0.25, -0.2) is 0 Å². The van der Waals surface area contributed by atoms with Gasteiger partial charge in [-0.3, -0.25) is 24.1 Å². The van der Waals surface area contributed by atoms with Gasteiger partial charge in [-0.05, 0) is 71.7 Å². The average Bonchev–Trinajstić information content (AvgIpc) is 3.28. The first-order valence-corrected chi connectivity index (χ1v) is 14.6. The van der Waals surface area contributed by atoms with Gasteiger partial charge in [0.15, 0.2) is 0 Å². The van der Waals surface area contributed by atoms with Crippen LogP contribution in [-0.4, -0.2) is 41.8 Å². The number of rotatable bonds is 12. The van der Waals surface area contributed by atoms with Crippen LogP contribution in [0.2, 0.25) is 0 Å². The lowest BCUT2D eigenvalue weighted by molar-refractivity contribution is -0.128. The molecule has 0 saturated carbocycles. The molecule has 3 aromatic carbocycles. The summed E-state index contributed by atoms with van der Waals surface area (Å²) >= 11 is 0. The van der Waals surface area contributed by atoms with Gasteiger partial charge in [0.05, 0.1) is 24.4 Å². The number of benzene rings is 3. The fourth-order valence-electron chi connectivity index (χ4n) is 6.15. The SMILES string of the molecule is C[C@@H](OCc1ccc2c(CCC(N)=O)cccc2c1)[C@H](CCC(N)=O)NC(=O)[C@@H]1Cc2cccc3c2N1C(=O)CCC3. The number of nitrogens with zero attached hydrogens (tertiary/aromatic N) is 1. The summed E-state index contributed by atoms with van der Waals surface area (Å²) in [5.41, 5.74) is 15.8. The molecule has 0 saturated heterocycles. The largest absolute Gasteiger partial charge is 0.372 e. The van der Waals surface area contributed by atoms with E-state index in [1.54, 1.807) is 4.90 Å². The summed E-state index contributed by atoms with van der Waals surface area (Å²) in [6.45, 7) is 2.17. The molecule has 2 aliphatic heterocycles. The monoisotopic (exact) mass is 570 g/mol. The van der Waals surface area contributed by atoms with E-state index in [2.05, 4.69) is 5.32 Å². The number of amides is 4. The molecule has 0 fully saturated rings. The van der Waals surface area contributed by atoms with E-state index in [1.807, 2.05) is 61.5 Å². The number of nitrogens with one attached hydrogen (secondary N) is 1. The molecule has 0 radical (unpaired) electrons. The van der Waals surface area contributed by atoms with Gasteiger partial charge >= 0.3 is 0 Å². The molecule has 220 valence electrons. The summed E-state index contributed by atoms with van der Waals surface area (Å²) < 4.78 is 6.22. The van der Waals surface area contributed by atoms with Gasteiger partial charge in [-0.15, -0.1) is 0 Å². The molecule has 9 nitrogen and oxygen atoms in total. The number of primary amides is 2. The van der Waals surface area contributed by atoms with E-state index in [4.69, 9.17) is 16.2 Å². The summed E-state index contributed by atoms with van der Waals surface area (Å²) in [6.07, 6.45) is 3.30. The lowest BCUT2D eigenvalue weighted by Gasteiger charge is -2.29. The number of nitrogens with two attached hydrogens (primary N) is 2. The van der Waals surface area contributed by atoms with Crippen molar-refractivity contribution in [3.05, 3.63) is 76.9 Å². The fraction of sp³-hybridized carbons (Fsp3) is 0.394. The van der Waals surface area contributed by atoms with Crippen LogP contribution in [0.15, 0.2) is 54.6 Å². The Hall–Kier alpha value is -4.24. The Morgan fingerprint density at radius 2 is 1.76 bits per heavy atom. The number of fused-ring (bicyclic) bond motifs is 1. The van der Waals surface area contributed by atoms with Crippen molar-refractivity contribution in [3.63, 3.8) is 0 Å². The molecule has 0 aliphatic carbocycles. The van der Waals surface area contributed by atoms with Gasteiger partial charge in [-0.1, -0.05) is 48.5 Å². The minimum absolute atomic E-state index is 0.0362. The highest BCUT2D eigenvalue weighted by atomic mass is 16.5. The second-order valence-electron chi connectivity index (χ2n) is 11.3. The molecule has 0 aromatic heterocycles. The molecule has 3 atom stereocenters. The maximum atomic E-state index is 13.7. The Labute approximate surface area is 245 Å². The van der Waals surface area contributed by atoms with Crippen LogP contribution in [0.5, 0.6) is 0 Å². The van der Waals surface area contributed by atoms with Gasteiger partial charge < -0.3 is 21.5 Å². The van der Waals surface area contributed by atoms with Gasteiger partial charge in [0, 0.05) is 25.7 Å². The van der Waals surface area contributed by atoms with E-state index in [0.29, 0.717) is 38.7 Å². The number of hydrogen-bond acceptors (Lipinski definition) is 5. The highest BCUT2D eigenvalue weighted by molar-refractivity contribution is 6.04. The summed E-state index contributed by atoms with van der Waals surface area (Å²) in [5, 5.41) is 5.19. The predicted octanol–water partition coefficient (Wildman–Crippen LogP) is 3.21.